The second kappa shape index (κ2) is 5.92. The minimum Gasteiger partial charge on any atom is -0.465 e. The van der Waals surface area contributed by atoms with E-state index >= 15 is 0 Å². The average molecular weight is 295 g/mol. The number of hydrogen-bond acceptors (Lipinski definition) is 4. The zero-order valence-corrected chi connectivity index (χ0v) is 11.3. The molecule has 0 saturated heterocycles. The molecule has 2 rings (SSSR count). The molecule has 0 saturated carbocycles. The fraction of sp³-hybridized carbons (Fsp3) is 0.0714. The molecule has 2 aromatic carbocycles. The Hall–Kier alpha value is -2.08. The summed E-state index contributed by atoms with van der Waals surface area (Å²) in [5.74, 6) is -1.90. The Morgan fingerprint density at radius 3 is 2.60 bits per heavy atom. The largest absolute Gasteiger partial charge is 0.465 e. The Morgan fingerprint density at radius 1 is 1.20 bits per heavy atom. The van der Waals surface area contributed by atoms with Crippen molar-refractivity contribution in [3.63, 3.8) is 0 Å². The molecule has 3 nitrogen and oxygen atoms in total. The maximum absolute atomic E-state index is 13.6. The number of esters is 1. The van der Waals surface area contributed by atoms with Crippen molar-refractivity contribution in [2.24, 2.45) is 0 Å². The van der Waals surface area contributed by atoms with Gasteiger partial charge in [-0.3, -0.25) is 0 Å². The van der Waals surface area contributed by atoms with Gasteiger partial charge in [0.25, 0.3) is 0 Å². The molecular formula is C14H11F2NO2S. The molecule has 0 amide bonds. The van der Waals surface area contributed by atoms with E-state index < -0.39 is 17.6 Å². The Bertz CT molecular complexity index is 662. The number of benzene rings is 2. The lowest BCUT2D eigenvalue weighted by Gasteiger charge is -2.09. The lowest BCUT2D eigenvalue weighted by molar-refractivity contribution is 0.0601. The van der Waals surface area contributed by atoms with Crippen molar-refractivity contribution in [2.75, 3.05) is 12.8 Å². The molecule has 20 heavy (non-hydrogen) atoms. The first kappa shape index (κ1) is 14.3. The summed E-state index contributed by atoms with van der Waals surface area (Å²) >= 11 is 1.02. The molecule has 0 aromatic heterocycles. The van der Waals surface area contributed by atoms with Gasteiger partial charge in [-0.15, -0.1) is 0 Å². The summed E-state index contributed by atoms with van der Waals surface area (Å²) in [6.07, 6.45) is 0. The fourth-order valence-electron chi connectivity index (χ4n) is 1.60. The number of para-hydroxylation sites is 1. The van der Waals surface area contributed by atoms with Crippen LogP contribution in [0.5, 0.6) is 0 Å². The summed E-state index contributed by atoms with van der Waals surface area (Å²) in [5.41, 5.74) is 6.28. The second-order valence-electron chi connectivity index (χ2n) is 3.89. The monoisotopic (exact) mass is 295 g/mol. The smallest absolute Gasteiger partial charge is 0.339 e. The molecule has 0 fully saturated rings. The van der Waals surface area contributed by atoms with Gasteiger partial charge in [0, 0.05) is 15.9 Å². The maximum atomic E-state index is 13.6. The van der Waals surface area contributed by atoms with Gasteiger partial charge < -0.3 is 10.5 Å². The molecule has 104 valence electrons. The normalized spacial score (nSPS) is 10.3. The van der Waals surface area contributed by atoms with E-state index in [9.17, 15) is 13.6 Å². The molecule has 0 aliphatic carbocycles. The van der Waals surface area contributed by atoms with Gasteiger partial charge in [0.1, 0.15) is 11.6 Å². The number of anilines is 1. The number of hydrogen-bond donors (Lipinski definition) is 1. The molecule has 0 heterocycles. The van der Waals surface area contributed by atoms with E-state index in [1.54, 1.807) is 12.1 Å². The van der Waals surface area contributed by atoms with Crippen LogP contribution < -0.4 is 5.73 Å². The van der Waals surface area contributed by atoms with Gasteiger partial charge in [-0.05, 0) is 24.3 Å². The summed E-state index contributed by atoms with van der Waals surface area (Å²) < 4.78 is 31.1. The molecule has 0 spiro atoms. The molecule has 6 heteroatoms. The Kier molecular flexibility index (Phi) is 4.24. The van der Waals surface area contributed by atoms with Crippen LogP contribution >= 0.6 is 11.8 Å². The van der Waals surface area contributed by atoms with Crippen molar-refractivity contribution in [2.45, 2.75) is 9.79 Å². The lowest BCUT2D eigenvalue weighted by Crippen LogP contribution is -2.06. The van der Waals surface area contributed by atoms with Gasteiger partial charge in [0.05, 0.1) is 18.4 Å². The first-order chi connectivity index (χ1) is 9.52. The zero-order valence-electron chi connectivity index (χ0n) is 10.5. The van der Waals surface area contributed by atoms with Crippen LogP contribution in [0.1, 0.15) is 10.4 Å². The quantitative estimate of drug-likeness (QED) is 0.695. The lowest BCUT2D eigenvalue weighted by atomic mass is 10.2. The van der Waals surface area contributed by atoms with E-state index in [1.165, 1.54) is 19.2 Å². The topological polar surface area (TPSA) is 52.3 Å². The van der Waals surface area contributed by atoms with Crippen molar-refractivity contribution in [3.05, 3.63) is 53.6 Å². The van der Waals surface area contributed by atoms with E-state index in [1.807, 2.05) is 0 Å². The van der Waals surface area contributed by atoms with Crippen LogP contribution in [0.2, 0.25) is 0 Å². The highest BCUT2D eigenvalue weighted by atomic mass is 32.2. The number of ether oxygens (including phenoxy) is 1. The van der Waals surface area contributed by atoms with Crippen LogP contribution in [0.15, 0.2) is 46.2 Å². The highest BCUT2D eigenvalue weighted by molar-refractivity contribution is 7.99. The number of halogens is 2. The Labute approximate surface area is 118 Å². The standard InChI is InChI=1S/C14H11F2NO2S/c1-19-14(18)9-3-2-4-12(13(9)17)20-11-6-5-8(15)7-10(11)16/h2-7H,17H2,1H3. The number of nitrogens with two attached hydrogens (primary N) is 1. The Balaban J connectivity index is 2.37. The number of rotatable bonds is 3. The van der Waals surface area contributed by atoms with Crippen molar-refractivity contribution in [3.8, 4) is 0 Å². The van der Waals surface area contributed by atoms with Gasteiger partial charge in [0.2, 0.25) is 0 Å². The average Bonchev–Trinajstić information content (AvgIpc) is 2.43. The fourth-order valence-corrected chi connectivity index (χ4v) is 2.49. The van der Waals surface area contributed by atoms with Crippen LogP contribution in [0.4, 0.5) is 14.5 Å². The van der Waals surface area contributed by atoms with E-state index in [2.05, 4.69) is 4.74 Å². The van der Waals surface area contributed by atoms with Gasteiger partial charge in [0.15, 0.2) is 0 Å². The molecular weight excluding hydrogens is 284 g/mol. The first-order valence-electron chi connectivity index (χ1n) is 5.62. The number of methoxy groups -OCH3 is 1. The third kappa shape index (κ3) is 2.91. The third-order valence-electron chi connectivity index (χ3n) is 2.59. The summed E-state index contributed by atoms with van der Waals surface area (Å²) in [4.78, 5) is 12.2. The van der Waals surface area contributed by atoms with Crippen molar-refractivity contribution < 1.29 is 18.3 Å². The number of carbonyl (C=O) groups is 1. The maximum Gasteiger partial charge on any atom is 0.339 e. The van der Waals surface area contributed by atoms with Crippen LogP contribution in [-0.2, 0) is 4.74 Å². The summed E-state index contributed by atoms with van der Waals surface area (Å²) in [6, 6.07) is 8.06. The van der Waals surface area contributed by atoms with Gasteiger partial charge >= 0.3 is 5.97 Å². The van der Waals surface area contributed by atoms with Crippen LogP contribution in [0.25, 0.3) is 0 Å². The van der Waals surface area contributed by atoms with E-state index in [0.717, 1.165) is 23.9 Å². The molecule has 0 atom stereocenters. The van der Waals surface area contributed by atoms with Gasteiger partial charge in [-0.25, -0.2) is 13.6 Å². The van der Waals surface area contributed by atoms with Gasteiger partial charge in [-0.2, -0.15) is 0 Å². The zero-order chi connectivity index (χ0) is 14.7. The minimum atomic E-state index is -0.683. The number of carbonyl (C=O) groups excluding carboxylic acids is 1. The summed E-state index contributed by atoms with van der Waals surface area (Å²) in [7, 11) is 1.25. The second-order valence-corrected chi connectivity index (χ2v) is 4.97. The third-order valence-corrected chi connectivity index (χ3v) is 3.71. The molecule has 2 N–H and O–H groups in total. The molecule has 0 radical (unpaired) electrons. The van der Waals surface area contributed by atoms with Crippen LogP contribution in [-0.4, -0.2) is 13.1 Å². The minimum absolute atomic E-state index is 0.202. The SMILES string of the molecule is COC(=O)c1cccc(Sc2ccc(F)cc2F)c1N. The van der Waals surface area contributed by atoms with E-state index in [-0.39, 0.29) is 16.1 Å². The molecule has 0 aliphatic rings. The molecule has 0 bridgehead atoms. The highest BCUT2D eigenvalue weighted by Crippen LogP contribution is 2.35. The van der Waals surface area contributed by atoms with Gasteiger partial charge in [-0.1, -0.05) is 17.8 Å². The van der Waals surface area contributed by atoms with Crippen molar-refractivity contribution in [1.82, 2.24) is 0 Å². The van der Waals surface area contributed by atoms with E-state index in [0.29, 0.717) is 4.90 Å². The van der Waals surface area contributed by atoms with Crippen molar-refractivity contribution >= 4 is 23.4 Å². The predicted octanol–water partition coefficient (Wildman–Crippen LogP) is 3.48. The molecule has 0 aliphatic heterocycles. The van der Waals surface area contributed by atoms with Crippen LogP contribution in [0.3, 0.4) is 0 Å². The summed E-state index contributed by atoms with van der Waals surface area (Å²) in [6.45, 7) is 0. The summed E-state index contributed by atoms with van der Waals surface area (Å²) in [5, 5.41) is 0. The Morgan fingerprint density at radius 2 is 1.95 bits per heavy atom. The van der Waals surface area contributed by atoms with Crippen molar-refractivity contribution in [1.29, 1.82) is 0 Å². The van der Waals surface area contributed by atoms with E-state index in [4.69, 9.17) is 5.73 Å². The van der Waals surface area contributed by atoms with Crippen LogP contribution in [0, 0.1) is 11.6 Å². The molecule has 0 unspecified atom stereocenters. The predicted molar refractivity (Wildman–Crippen MR) is 72.7 cm³/mol. The first-order valence-corrected chi connectivity index (χ1v) is 6.44. The molecule has 2 aromatic rings. The highest BCUT2D eigenvalue weighted by Gasteiger charge is 2.14. The number of nitrogen functional groups attached to an aromatic ring is 1.